The molecule has 0 atom stereocenters. The summed E-state index contributed by atoms with van der Waals surface area (Å²) in [5.74, 6) is 0.257. The zero-order chi connectivity index (χ0) is 20.1. The number of rotatable bonds is 6. The summed E-state index contributed by atoms with van der Waals surface area (Å²) < 4.78 is 5.13. The molecule has 0 saturated heterocycles. The van der Waals surface area contributed by atoms with Crippen molar-refractivity contribution in [3.63, 3.8) is 0 Å². The van der Waals surface area contributed by atoms with Crippen molar-refractivity contribution < 1.29 is 14.3 Å². The van der Waals surface area contributed by atoms with Gasteiger partial charge < -0.3 is 15.0 Å². The Hall–Kier alpha value is -2.53. The maximum atomic E-state index is 12.7. The number of amides is 2. The fourth-order valence-corrected chi connectivity index (χ4v) is 3.12. The molecule has 0 bridgehead atoms. The Kier molecular flexibility index (Phi) is 6.86. The van der Waals surface area contributed by atoms with E-state index in [1.807, 2.05) is 25.1 Å². The molecular formula is C21H25ClN2O3. The number of ether oxygens (including phenoxy) is 1. The third kappa shape index (κ3) is 5.01. The second-order valence-electron chi connectivity index (χ2n) is 6.67. The van der Waals surface area contributed by atoms with E-state index in [9.17, 15) is 9.59 Å². The highest BCUT2D eigenvalue weighted by molar-refractivity contribution is 6.32. The van der Waals surface area contributed by atoms with E-state index in [0.717, 1.165) is 16.8 Å². The SMILES string of the molecule is COc1ccc(N(CC(=O)Nc2c(C)cccc2C(C)C)C(C)=O)cc1Cl. The first-order valence-corrected chi connectivity index (χ1v) is 9.13. The number of nitrogens with zero attached hydrogens (tertiary/aromatic N) is 1. The summed E-state index contributed by atoms with van der Waals surface area (Å²) in [4.78, 5) is 26.2. The van der Waals surface area contributed by atoms with E-state index in [1.165, 1.54) is 18.9 Å². The van der Waals surface area contributed by atoms with Crippen LogP contribution in [-0.4, -0.2) is 25.5 Å². The third-order valence-electron chi connectivity index (χ3n) is 4.32. The van der Waals surface area contributed by atoms with Gasteiger partial charge in [-0.25, -0.2) is 0 Å². The summed E-state index contributed by atoms with van der Waals surface area (Å²) in [6.45, 7) is 7.41. The van der Waals surface area contributed by atoms with Gasteiger partial charge in [0.05, 0.1) is 12.1 Å². The molecular weight excluding hydrogens is 364 g/mol. The van der Waals surface area contributed by atoms with E-state index >= 15 is 0 Å². The largest absolute Gasteiger partial charge is 0.495 e. The van der Waals surface area contributed by atoms with E-state index in [4.69, 9.17) is 16.3 Å². The highest BCUT2D eigenvalue weighted by Gasteiger charge is 2.19. The minimum Gasteiger partial charge on any atom is -0.495 e. The second kappa shape index (κ2) is 8.91. The average molecular weight is 389 g/mol. The molecule has 0 aromatic heterocycles. The van der Waals surface area contributed by atoms with Crippen LogP contribution in [0.2, 0.25) is 5.02 Å². The van der Waals surface area contributed by atoms with Crippen molar-refractivity contribution >= 4 is 34.8 Å². The van der Waals surface area contributed by atoms with E-state index in [-0.39, 0.29) is 24.3 Å². The van der Waals surface area contributed by atoms with Gasteiger partial charge >= 0.3 is 0 Å². The maximum absolute atomic E-state index is 12.7. The van der Waals surface area contributed by atoms with Gasteiger partial charge in [-0.15, -0.1) is 0 Å². The standard InChI is InChI=1S/C21H25ClN2O3/c1-13(2)17-8-6-7-14(3)21(17)23-20(26)12-24(15(4)25)16-9-10-19(27-5)18(22)11-16/h6-11,13H,12H2,1-5H3,(H,23,26). The predicted molar refractivity (Wildman–Crippen MR) is 110 cm³/mol. The molecule has 0 aliphatic carbocycles. The monoisotopic (exact) mass is 388 g/mol. The first-order chi connectivity index (χ1) is 12.7. The minimum atomic E-state index is -0.270. The lowest BCUT2D eigenvalue weighted by atomic mass is 9.98. The summed E-state index contributed by atoms with van der Waals surface area (Å²) in [5.41, 5.74) is 3.38. The van der Waals surface area contributed by atoms with Crippen molar-refractivity contribution in [2.75, 3.05) is 23.9 Å². The normalized spacial score (nSPS) is 10.6. The summed E-state index contributed by atoms with van der Waals surface area (Å²) in [5, 5.41) is 3.34. The Labute approximate surface area is 165 Å². The molecule has 2 aromatic rings. The molecule has 0 fully saturated rings. The van der Waals surface area contributed by atoms with Crippen LogP contribution in [0, 0.1) is 6.92 Å². The van der Waals surface area contributed by atoms with Crippen molar-refractivity contribution in [2.45, 2.75) is 33.6 Å². The van der Waals surface area contributed by atoms with Crippen molar-refractivity contribution in [2.24, 2.45) is 0 Å². The molecule has 2 aromatic carbocycles. The highest BCUT2D eigenvalue weighted by Crippen LogP contribution is 2.30. The topological polar surface area (TPSA) is 58.6 Å². The number of benzene rings is 2. The van der Waals surface area contributed by atoms with Crippen LogP contribution in [0.15, 0.2) is 36.4 Å². The first kappa shape index (κ1) is 20.8. The summed E-state index contributed by atoms with van der Waals surface area (Å²) in [6.07, 6.45) is 0. The van der Waals surface area contributed by atoms with Crippen LogP contribution in [-0.2, 0) is 9.59 Å². The smallest absolute Gasteiger partial charge is 0.244 e. The maximum Gasteiger partial charge on any atom is 0.244 e. The molecule has 1 N–H and O–H groups in total. The summed E-state index contributed by atoms with van der Waals surface area (Å²) in [7, 11) is 1.52. The van der Waals surface area contributed by atoms with Crippen LogP contribution < -0.4 is 15.0 Å². The quantitative estimate of drug-likeness (QED) is 0.775. The van der Waals surface area contributed by atoms with Gasteiger partial charge in [-0.3, -0.25) is 9.59 Å². The molecule has 0 spiro atoms. The number of carbonyl (C=O) groups is 2. The van der Waals surface area contributed by atoms with Gasteiger partial charge in [-0.2, -0.15) is 0 Å². The Morgan fingerprint density at radius 1 is 1.22 bits per heavy atom. The van der Waals surface area contributed by atoms with Gasteiger partial charge in [0.2, 0.25) is 11.8 Å². The lowest BCUT2D eigenvalue weighted by Crippen LogP contribution is -2.37. The number of hydrogen-bond acceptors (Lipinski definition) is 3. The number of aryl methyl sites for hydroxylation is 1. The molecule has 2 amide bonds. The number of methoxy groups -OCH3 is 1. The van der Waals surface area contributed by atoms with Crippen molar-refractivity contribution in [3.8, 4) is 5.75 Å². The van der Waals surface area contributed by atoms with E-state index in [2.05, 4.69) is 19.2 Å². The Morgan fingerprint density at radius 2 is 1.93 bits per heavy atom. The zero-order valence-corrected chi connectivity index (χ0v) is 17.1. The Bertz CT molecular complexity index is 849. The Balaban J connectivity index is 2.24. The first-order valence-electron chi connectivity index (χ1n) is 8.75. The van der Waals surface area contributed by atoms with Gasteiger partial charge in [0.1, 0.15) is 12.3 Å². The molecule has 0 heterocycles. The highest BCUT2D eigenvalue weighted by atomic mass is 35.5. The Morgan fingerprint density at radius 3 is 2.48 bits per heavy atom. The lowest BCUT2D eigenvalue weighted by Gasteiger charge is -2.23. The number of hydrogen-bond donors (Lipinski definition) is 1. The number of nitrogens with one attached hydrogen (secondary N) is 1. The number of para-hydroxylation sites is 1. The molecule has 5 nitrogen and oxygen atoms in total. The fraction of sp³-hybridized carbons (Fsp3) is 0.333. The van der Waals surface area contributed by atoms with E-state index in [1.54, 1.807) is 18.2 Å². The van der Waals surface area contributed by atoms with Crippen molar-refractivity contribution in [3.05, 3.63) is 52.5 Å². The van der Waals surface area contributed by atoms with Gasteiger partial charge in [0, 0.05) is 18.3 Å². The van der Waals surface area contributed by atoms with Gasteiger partial charge in [-0.05, 0) is 42.2 Å². The lowest BCUT2D eigenvalue weighted by molar-refractivity contribution is -0.120. The van der Waals surface area contributed by atoms with Crippen LogP contribution in [0.25, 0.3) is 0 Å². The van der Waals surface area contributed by atoms with Gasteiger partial charge in [0.25, 0.3) is 0 Å². The molecule has 6 heteroatoms. The molecule has 0 saturated carbocycles. The van der Waals surface area contributed by atoms with Crippen molar-refractivity contribution in [1.82, 2.24) is 0 Å². The van der Waals surface area contributed by atoms with Crippen LogP contribution in [0.3, 0.4) is 0 Å². The fourth-order valence-electron chi connectivity index (χ4n) is 2.87. The minimum absolute atomic E-state index is 0.107. The summed E-state index contributed by atoms with van der Waals surface area (Å²) >= 11 is 6.16. The number of carbonyl (C=O) groups excluding carboxylic acids is 2. The van der Waals surface area contributed by atoms with Crippen LogP contribution in [0.1, 0.15) is 37.8 Å². The number of anilines is 2. The third-order valence-corrected chi connectivity index (χ3v) is 4.62. The average Bonchev–Trinajstić information content (AvgIpc) is 2.60. The van der Waals surface area contributed by atoms with Gasteiger partial charge in [-0.1, -0.05) is 43.6 Å². The molecule has 0 aliphatic heterocycles. The van der Waals surface area contributed by atoms with Crippen LogP contribution in [0.4, 0.5) is 11.4 Å². The zero-order valence-electron chi connectivity index (χ0n) is 16.3. The van der Waals surface area contributed by atoms with E-state index in [0.29, 0.717) is 16.5 Å². The second-order valence-corrected chi connectivity index (χ2v) is 7.07. The predicted octanol–water partition coefficient (Wildman–Crippen LogP) is 4.77. The molecule has 0 unspecified atom stereocenters. The molecule has 0 aliphatic rings. The molecule has 2 rings (SSSR count). The number of halogens is 1. The van der Waals surface area contributed by atoms with Crippen LogP contribution >= 0.6 is 11.6 Å². The van der Waals surface area contributed by atoms with Crippen LogP contribution in [0.5, 0.6) is 5.75 Å². The van der Waals surface area contributed by atoms with Gasteiger partial charge in [0.15, 0.2) is 0 Å². The molecule has 144 valence electrons. The van der Waals surface area contributed by atoms with Crippen molar-refractivity contribution in [1.29, 1.82) is 0 Å². The summed E-state index contributed by atoms with van der Waals surface area (Å²) in [6, 6.07) is 10.9. The molecule has 27 heavy (non-hydrogen) atoms. The van der Waals surface area contributed by atoms with E-state index < -0.39 is 0 Å². The molecule has 0 radical (unpaired) electrons.